The Balaban J connectivity index is 0.00000342. The van der Waals surface area contributed by atoms with E-state index in [9.17, 15) is 14.7 Å². The molecule has 1 aliphatic heterocycles. The number of carbonyl (C=O) groups excluding carboxylic acids is 1. The summed E-state index contributed by atoms with van der Waals surface area (Å²) in [5, 5.41) is 14.0. The van der Waals surface area contributed by atoms with Gasteiger partial charge in [0, 0.05) is 12.1 Å². The van der Waals surface area contributed by atoms with Crippen molar-refractivity contribution in [1.82, 2.24) is 4.90 Å². The van der Waals surface area contributed by atoms with E-state index in [-0.39, 0.29) is 28.4 Å². The molecule has 1 N–H and O–H groups in total. The summed E-state index contributed by atoms with van der Waals surface area (Å²) in [6, 6.07) is 25.6. The molecule has 1 saturated heterocycles. The summed E-state index contributed by atoms with van der Waals surface area (Å²) in [6.45, 7) is 3.10. The molecule has 0 saturated carbocycles. The number of hydrogen-bond acceptors (Lipinski definition) is 4. The zero-order chi connectivity index (χ0) is 23.9. The Bertz CT molecular complexity index is 1170. The van der Waals surface area contributed by atoms with Crippen LogP contribution in [0.4, 0.5) is 5.69 Å². The second-order valence-corrected chi connectivity index (χ2v) is 8.44. The number of nitrogens with zero attached hydrogens (tertiary/aromatic N) is 3. The third kappa shape index (κ3) is 6.65. The summed E-state index contributed by atoms with van der Waals surface area (Å²) in [4.78, 5) is 31.5. The van der Waals surface area contributed by atoms with Crippen molar-refractivity contribution in [2.45, 2.75) is 38.4 Å². The molecule has 7 heteroatoms. The van der Waals surface area contributed by atoms with Crippen molar-refractivity contribution in [2.75, 3.05) is 6.54 Å². The number of amides is 1. The summed E-state index contributed by atoms with van der Waals surface area (Å²) in [5.74, 6) is -1.19. The first-order chi connectivity index (χ1) is 16.5. The Morgan fingerprint density at radius 3 is 2.31 bits per heavy atom. The smallest absolute Gasteiger partial charge is 0.625 e. The van der Waals surface area contributed by atoms with Crippen LogP contribution in [0.5, 0.6) is 0 Å². The second kappa shape index (κ2) is 12.4. The van der Waals surface area contributed by atoms with Crippen LogP contribution in [0.1, 0.15) is 36.5 Å². The first-order valence-electron chi connectivity index (χ1n) is 11.5. The predicted octanol–water partition coefficient (Wildman–Crippen LogP) is 5.19. The maximum Gasteiger partial charge on any atom is 2.00 e. The van der Waals surface area contributed by atoms with Gasteiger partial charge in [0.15, 0.2) is 0 Å². The molecule has 1 amide bonds. The average molecular weight is 513 g/mol. The minimum Gasteiger partial charge on any atom is -0.625 e. The molecule has 1 fully saturated rings. The fourth-order valence-corrected chi connectivity index (χ4v) is 4.22. The first kappa shape index (κ1) is 26.3. The first-order valence-corrected chi connectivity index (χ1v) is 11.5. The van der Waals surface area contributed by atoms with Crippen LogP contribution in [0, 0.1) is 0 Å². The van der Waals surface area contributed by atoms with E-state index in [0.29, 0.717) is 23.5 Å². The Morgan fingerprint density at radius 2 is 1.63 bits per heavy atom. The number of rotatable bonds is 8. The van der Waals surface area contributed by atoms with E-state index in [4.69, 9.17) is 0 Å². The van der Waals surface area contributed by atoms with Crippen molar-refractivity contribution in [1.29, 1.82) is 0 Å². The maximum atomic E-state index is 13.3. The van der Waals surface area contributed by atoms with Crippen LogP contribution in [0.25, 0.3) is 5.32 Å². The van der Waals surface area contributed by atoms with E-state index >= 15 is 0 Å². The molecule has 0 bridgehead atoms. The minimum absolute atomic E-state index is 0. The average Bonchev–Trinajstić information content (AvgIpc) is 3.32. The molecule has 4 rings (SSSR count). The van der Waals surface area contributed by atoms with Crippen LogP contribution in [0.3, 0.4) is 0 Å². The Labute approximate surface area is 216 Å². The number of carboxylic acid groups (broad SMARTS) is 1. The van der Waals surface area contributed by atoms with Gasteiger partial charge in [0.05, 0.1) is 17.7 Å². The largest absolute Gasteiger partial charge is 2.00 e. The zero-order valence-electron chi connectivity index (χ0n) is 19.5. The molecule has 1 aliphatic rings. The van der Waals surface area contributed by atoms with Gasteiger partial charge in [-0.3, -0.25) is 9.89 Å². The molecule has 0 aromatic heterocycles. The molecular weight excluding hydrogens is 485 g/mol. The van der Waals surface area contributed by atoms with Gasteiger partial charge in [0.25, 0.3) is 0 Å². The van der Waals surface area contributed by atoms with Gasteiger partial charge in [0.1, 0.15) is 6.04 Å². The maximum absolute atomic E-state index is 13.3. The number of likely N-dealkylation sites (tertiary alicyclic amines) is 1. The fraction of sp³-hybridized carbons (Fsp3) is 0.250. The number of aliphatic imine (C=N–C) groups is 1. The molecule has 182 valence electrons. The topological polar surface area (TPSA) is 84.1 Å². The number of benzene rings is 3. The van der Waals surface area contributed by atoms with Gasteiger partial charge < -0.3 is 15.2 Å². The Morgan fingerprint density at radius 1 is 1.00 bits per heavy atom. The SMILES string of the molecule is CC(N=C(c1ccccc1)c1ccccc1[N-]C(=O)[C@@H]1CCCN1Cc1ccccc1)C(=O)O.[Ni+2]. The van der Waals surface area contributed by atoms with Crippen LogP contribution in [-0.2, 0) is 32.6 Å². The third-order valence-electron chi connectivity index (χ3n) is 5.99. The van der Waals surface area contributed by atoms with Crippen LogP contribution in [0.15, 0.2) is 89.9 Å². The van der Waals surface area contributed by atoms with Gasteiger partial charge in [-0.05, 0) is 37.4 Å². The van der Waals surface area contributed by atoms with Crippen LogP contribution in [0.2, 0.25) is 0 Å². The predicted molar refractivity (Wildman–Crippen MR) is 134 cm³/mol. The number of aliphatic carboxylic acids is 1. The molecule has 0 aliphatic carbocycles. The van der Waals surface area contributed by atoms with Crippen molar-refractivity contribution in [3.63, 3.8) is 0 Å². The van der Waals surface area contributed by atoms with Crippen molar-refractivity contribution < 1.29 is 31.2 Å². The van der Waals surface area contributed by atoms with E-state index in [1.807, 2.05) is 66.7 Å². The van der Waals surface area contributed by atoms with E-state index in [2.05, 4.69) is 27.3 Å². The molecule has 3 aromatic rings. The molecule has 0 radical (unpaired) electrons. The van der Waals surface area contributed by atoms with Gasteiger partial charge in [-0.25, -0.2) is 4.79 Å². The molecule has 1 unspecified atom stereocenters. The number of hydrogen-bond donors (Lipinski definition) is 1. The monoisotopic (exact) mass is 512 g/mol. The van der Waals surface area contributed by atoms with E-state index < -0.39 is 12.0 Å². The van der Waals surface area contributed by atoms with Crippen LogP contribution in [-0.4, -0.2) is 46.2 Å². The molecule has 2 atom stereocenters. The van der Waals surface area contributed by atoms with Crippen molar-refractivity contribution >= 4 is 23.3 Å². The van der Waals surface area contributed by atoms with E-state index in [1.54, 1.807) is 6.07 Å². The summed E-state index contributed by atoms with van der Waals surface area (Å²) in [7, 11) is 0. The summed E-state index contributed by atoms with van der Waals surface area (Å²) < 4.78 is 0. The number of para-hydroxylation sites is 1. The molecule has 35 heavy (non-hydrogen) atoms. The van der Waals surface area contributed by atoms with Gasteiger partial charge in [-0.15, -0.1) is 5.69 Å². The van der Waals surface area contributed by atoms with Crippen LogP contribution >= 0.6 is 0 Å². The van der Waals surface area contributed by atoms with E-state index in [0.717, 1.165) is 24.9 Å². The fourth-order valence-electron chi connectivity index (χ4n) is 4.22. The van der Waals surface area contributed by atoms with Crippen molar-refractivity contribution in [2.24, 2.45) is 4.99 Å². The standard InChI is InChI=1S/C28H29N3O3.Ni/c1-20(28(33)34)29-26(22-13-6-3-7-14-22)23-15-8-9-16-24(23)30-27(32)25-17-10-18-31(25)19-21-11-4-2-5-12-21;/h2-9,11-16,20,25H,10,17-19H2,1H3,(H2,29,30,32,33,34);/q;+2/p-1/t20?,25-;/m0./s1. The van der Waals surface area contributed by atoms with E-state index in [1.165, 1.54) is 12.5 Å². The third-order valence-corrected chi connectivity index (χ3v) is 5.99. The quantitative estimate of drug-likeness (QED) is 0.332. The molecule has 0 spiro atoms. The van der Waals surface area contributed by atoms with Gasteiger partial charge >= 0.3 is 22.5 Å². The van der Waals surface area contributed by atoms with Gasteiger partial charge in [-0.1, -0.05) is 84.9 Å². The van der Waals surface area contributed by atoms with Crippen molar-refractivity contribution in [3.8, 4) is 0 Å². The molecular formula is C28H28N3NiO3+. The second-order valence-electron chi connectivity index (χ2n) is 8.44. The summed E-state index contributed by atoms with van der Waals surface area (Å²) in [6.07, 6.45) is 1.72. The molecule has 3 aromatic carbocycles. The number of carbonyl (C=O) groups is 2. The Hall–Kier alpha value is -3.28. The normalized spacial score (nSPS) is 16.8. The van der Waals surface area contributed by atoms with Crippen LogP contribution < -0.4 is 0 Å². The Kier molecular flexibility index (Phi) is 9.35. The number of carboxylic acids is 1. The van der Waals surface area contributed by atoms with Crippen molar-refractivity contribution in [3.05, 3.63) is 107 Å². The minimum atomic E-state index is -1.01. The van der Waals surface area contributed by atoms with Gasteiger partial charge in [0.2, 0.25) is 0 Å². The molecule has 1 heterocycles. The molecule has 6 nitrogen and oxygen atoms in total. The van der Waals surface area contributed by atoms with Gasteiger partial charge in [-0.2, -0.15) is 0 Å². The zero-order valence-corrected chi connectivity index (χ0v) is 20.5. The summed E-state index contributed by atoms with van der Waals surface area (Å²) in [5.41, 5.74) is 3.60. The summed E-state index contributed by atoms with van der Waals surface area (Å²) >= 11 is 0.